The third-order valence-corrected chi connectivity index (χ3v) is 4.27. The summed E-state index contributed by atoms with van der Waals surface area (Å²) >= 11 is 5.82. The summed E-state index contributed by atoms with van der Waals surface area (Å²) in [6, 6.07) is 13.7. The molecule has 0 amide bonds. The Morgan fingerprint density at radius 1 is 1.19 bits per heavy atom. The molecule has 2 aromatic carbocycles. The Labute approximate surface area is 154 Å². The van der Waals surface area contributed by atoms with E-state index in [9.17, 15) is 13.6 Å². The van der Waals surface area contributed by atoms with E-state index in [0.29, 0.717) is 22.5 Å². The average molecular weight is 379 g/mol. The molecule has 7 heteroatoms. The van der Waals surface area contributed by atoms with Crippen LogP contribution in [0.1, 0.15) is 37.4 Å². The number of aromatic nitrogens is 2. The van der Waals surface area contributed by atoms with Crippen molar-refractivity contribution in [2.45, 2.75) is 32.4 Å². The minimum atomic E-state index is -2.77. The fourth-order valence-corrected chi connectivity index (χ4v) is 2.89. The molecule has 1 heterocycles. The smallest absolute Gasteiger partial charge is 0.320 e. The molecule has 1 aromatic heterocycles. The summed E-state index contributed by atoms with van der Waals surface area (Å²) in [5.41, 5.74) is 1.69. The summed E-state index contributed by atoms with van der Waals surface area (Å²) in [7, 11) is 0. The van der Waals surface area contributed by atoms with Gasteiger partial charge in [0.1, 0.15) is 0 Å². The Balaban J connectivity index is 1.70. The Morgan fingerprint density at radius 2 is 1.88 bits per heavy atom. The molecule has 26 heavy (non-hydrogen) atoms. The van der Waals surface area contributed by atoms with Crippen LogP contribution in [0.15, 0.2) is 48.5 Å². The van der Waals surface area contributed by atoms with Crippen molar-refractivity contribution >= 4 is 28.6 Å². The number of benzene rings is 2. The largest absolute Gasteiger partial charge is 0.454 e. The van der Waals surface area contributed by atoms with Crippen LogP contribution in [0.4, 0.5) is 8.78 Å². The van der Waals surface area contributed by atoms with Gasteiger partial charge in [-0.05, 0) is 43.2 Å². The number of rotatable bonds is 6. The monoisotopic (exact) mass is 378 g/mol. The Kier molecular flexibility index (Phi) is 5.52. The number of carbonyl (C=O) groups excluding carboxylic acids is 1. The number of ether oxygens (including phenoxy) is 1. The van der Waals surface area contributed by atoms with E-state index in [1.807, 2.05) is 12.1 Å². The van der Waals surface area contributed by atoms with Gasteiger partial charge in [0.05, 0.1) is 11.0 Å². The molecule has 0 radical (unpaired) electrons. The number of esters is 1. The van der Waals surface area contributed by atoms with Gasteiger partial charge in [0.15, 0.2) is 11.9 Å². The van der Waals surface area contributed by atoms with Crippen LogP contribution in [0.5, 0.6) is 0 Å². The molecule has 0 aliphatic rings. The summed E-state index contributed by atoms with van der Waals surface area (Å²) in [5.74, 6) is -0.443. The lowest BCUT2D eigenvalue weighted by Gasteiger charge is -2.15. The van der Waals surface area contributed by atoms with E-state index in [0.717, 1.165) is 10.1 Å². The molecule has 0 saturated heterocycles. The normalized spacial score (nSPS) is 12.5. The van der Waals surface area contributed by atoms with E-state index in [4.69, 9.17) is 16.3 Å². The van der Waals surface area contributed by atoms with Gasteiger partial charge >= 0.3 is 12.5 Å². The van der Waals surface area contributed by atoms with E-state index in [1.165, 1.54) is 0 Å². The van der Waals surface area contributed by atoms with Crippen molar-refractivity contribution < 1.29 is 18.3 Å². The summed E-state index contributed by atoms with van der Waals surface area (Å²) in [6.07, 6.45) is -0.261. The standard InChI is InChI=1S/C19H17ClF2N2O2/c1-12(26-17(25)11-8-13-6-9-14(20)10-7-13)18-23-15-4-2-3-5-16(15)24(18)19(21)22/h2-7,9-10,12,19H,8,11H2,1H3. The molecular weight excluding hydrogens is 362 g/mol. The summed E-state index contributed by atoms with van der Waals surface area (Å²) in [6.45, 7) is -1.23. The van der Waals surface area contributed by atoms with Crippen molar-refractivity contribution in [1.29, 1.82) is 0 Å². The fourth-order valence-electron chi connectivity index (χ4n) is 2.76. The maximum atomic E-state index is 13.5. The van der Waals surface area contributed by atoms with Crippen molar-refractivity contribution in [2.75, 3.05) is 0 Å². The van der Waals surface area contributed by atoms with E-state index >= 15 is 0 Å². The van der Waals surface area contributed by atoms with Gasteiger partial charge in [0.2, 0.25) is 0 Å². The molecule has 0 aliphatic heterocycles. The summed E-state index contributed by atoms with van der Waals surface area (Å²) < 4.78 is 33.0. The molecule has 0 spiro atoms. The lowest BCUT2D eigenvalue weighted by Crippen LogP contribution is -2.15. The van der Waals surface area contributed by atoms with Crippen LogP contribution in [0.2, 0.25) is 5.02 Å². The van der Waals surface area contributed by atoms with Crippen molar-refractivity contribution in [3.8, 4) is 0 Å². The number of hydrogen-bond acceptors (Lipinski definition) is 3. The van der Waals surface area contributed by atoms with Crippen LogP contribution in [0, 0.1) is 0 Å². The quantitative estimate of drug-likeness (QED) is 0.545. The fraction of sp³-hybridized carbons (Fsp3) is 0.263. The highest BCUT2D eigenvalue weighted by Gasteiger charge is 2.24. The molecule has 4 nitrogen and oxygen atoms in total. The van der Waals surface area contributed by atoms with Crippen LogP contribution in [0.3, 0.4) is 0 Å². The van der Waals surface area contributed by atoms with Crippen molar-refractivity contribution in [3.63, 3.8) is 0 Å². The average Bonchev–Trinajstić information content (AvgIpc) is 3.01. The first kappa shape index (κ1) is 18.3. The molecule has 0 aliphatic carbocycles. The minimum Gasteiger partial charge on any atom is -0.454 e. The van der Waals surface area contributed by atoms with Gasteiger partial charge in [0, 0.05) is 11.4 Å². The lowest BCUT2D eigenvalue weighted by molar-refractivity contribution is -0.149. The SMILES string of the molecule is CC(OC(=O)CCc1ccc(Cl)cc1)c1nc2ccccc2n1C(F)F. The molecule has 0 N–H and O–H groups in total. The molecule has 0 bridgehead atoms. The van der Waals surface area contributed by atoms with Gasteiger partial charge < -0.3 is 4.74 Å². The highest BCUT2D eigenvalue weighted by atomic mass is 35.5. The van der Waals surface area contributed by atoms with E-state index in [1.54, 1.807) is 43.3 Å². The minimum absolute atomic E-state index is 0.0287. The maximum Gasteiger partial charge on any atom is 0.320 e. The van der Waals surface area contributed by atoms with Crippen LogP contribution in [-0.2, 0) is 16.0 Å². The van der Waals surface area contributed by atoms with E-state index in [2.05, 4.69) is 4.98 Å². The van der Waals surface area contributed by atoms with Gasteiger partial charge in [-0.1, -0.05) is 35.9 Å². The van der Waals surface area contributed by atoms with Crippen LogP contribution in [-0.4, -0.2) is 15.5 Å². The van der Waals surface area contributed by atoms with Crippen LogP contribution >= 0.6 is 11.6 Å². The molecule has 0 fully saturated rings. The second kappa shape index (κ2) is 7.83. The van der Waals surface area contributed by atoms with E-state index < -0.39 is 18.6 Å². The number of alkyl halides is 2. The van der Waals surface area contributed by atoms with Gasteiger partial charge in [-0.3, -0.25) is 9.36 Å². The van der Waals surface area contributed by atoms with Gasteiger partial charge in [-0.25, -0.2) is 4.98 Å². The molecule has 3 rings (SSSR count). The molecule has 0 saturated carbocycles. The number of aryl methyl sites for hydroxylation is 1. The highest BCUT2D eigenvalue weighted by molar-refractivity contribution is 6.30. The zero-order chi connectivity index (χ0) is 18.7. The molecule has 1 unspecified atom stereocenters. The number of nitrogens with zero attached hydrogens (tertiary/aromatic N) is 2. The third-order valence-electron chi connectivity index (χ3n) is 4.02. The summed E-state index contributed by atoms with van der Waals surface area (Å²) in [4.78, 5) is 16.3. The number of imidazole rings is 1. The molecule has 1 atom stereocenters. The summed E-state index contributed by atoms with van der Waals surface area (Å²) in [5, 5.41) is 0.621. The Bertz CT molecular complexity index is 910. The van der Waals surface area contributed by atoms with Gasteiger partial charge in [-0.15, -0.1) is 0 Å². The van der Waals surface area contributed by atoms with Crippen molar-refractivity contribution in [3.05, 3.63) is 64.9 Å². The predicted octanol–water partition coefficient (Wildman–Crippen LogP) is 5.32. The first-order chi connectivity index (χ1) is 12.5. The number of para-hydroxylation sites is 2. The number of hydrogen-bond donors (Lipinski definition) is 0. The Hall–Kier alpha value is -2.47. The number of fused-ring (bicyclic) bond motifs is 1. The third kappa shape index (κ3) is 4.02. The van der Waals surface area contributed by atoms with Gasteiger partial charge in [0.25, 0.3) is 0 Å². The first-order valence-electron chi connectivity index (χ1n) is 8.14. The van der Waals surface area contributed by atoms with Gasteiger partial charge in [-0.2, -0.15) is 8.78 Å². The Morgan fingerprint density at radius 3 is 2.58 bits per heavy atom. The predicted molar refractivity (Wildman–Crippen MR) is 95.3 cm³/mol. The second-order valence-corrected chi connectivity index (χ2v) is 6.30. The van der Waals surface area contributed by atoms with Crippen LogP contribution in [0.25, 0.3) is 11.0 Å². The molecule has 136 valence electrons. The zero-order valence-corrected chi connectivity index (χ0v) is 14.8. The second-order valence-electron chi connectivity index (χ2n) is 5.86. The first-order valence-corrected chi connectivity index (χ1v) is 8.52. The van der Waals surface area contributed by atoms with E-state index in [-0.39, 0.29) is 12.2 Å². The lowest BCUT2D eigenvalue weighted by atomic mass is 10.1. The topological polar surface area (TPSA) is 44.1 Å². The van der Waals surface area contributed by atoms with Crippen molar-refractivity contribution in [2.24, 2.45) is 0 Å². The van der Waals surface area contributed by atoms with Crippen molar-refractivity contribution in [1.82, 2.24) is 9.55 Å². The molecule has 3 aromatic rings. The number of carbonyl (C=O) groups is 1. The molecular formula is C19H17ClF2N2O2. The highest BCUT2D eigenvalue weighted by Crippen LogP contribution is 2.28. The van der Waals surface area contributed by atoms with Crippen LogP contribution < -0.4 is 0 Å². The number of halogens is 3. The zero-order valence-electron chi connectivity index (χ0n) is 14.0. The maximum absolute atomic E-state index is 13.5.